The maximum Gasteiger partial charge on any atom is 0.329 e. The molecule has 1 saturated heterocycles. The highest BCUT2D eigenvalue weighted by Crippen LogP contribution is 2.48. The molecule has 0 bridgehead atoms. The van der Waals surface area contributed by atoms with Gasteiger partial charge in [0.15, 0.2) is 0 Å². The minimum atomic E-state index is -1.03. The third kappa shape index (κ3) is 2.50. The molecule has 1 atom stereocenters. The molecule has 2 amide bonds. The molecule has 0 aromatic carbocycles. The number of nitrogens with zero attached hydrogens (tertiary/aromatic N) is 1. The van der Waals surface area contributed by atoms with Crippen LogP contribution in [0.1, 0.15) is 45.4 Å². The van der Waals surface area contributed by atoms with E-state index < -0.39 is 11.5 Å². The van der Waals surface area contributed by atoms with Crippen molar-refractivity contribution < 1.29 is 14.7 Å². The highest BCUT2D eigenvalue weighted by atomic mass is 16.4. The van der Waals surface area contributed by atoms with E-state index in [1.54, 1.807) is 6.92 Å². The molecule has 3 aliphatic rings. The first kappa shape index (κ1) is 13.7. The van der Waals surface area contributed by atoms with Crippen LogP contribution >= 0.6 is 0 Å². The molecular weight excluding hydrogens is 256 g/mol. The third-order valence-electron chi connectivity index (χ3n) is 5.29. The van der Waals surface area contributed by atoms with Crippen molar-refractivity contribution >= 4 is 12.0 Å². The largest absolute Gasteiger partial charge is 0.480 e. The van der Waals surface area contributed by atoms with E-state index in [1.165, 1.54) is 30.6 Å². The first-order valence-corrected chi connectivity index (χ1v) is 7.81. The maximum atomic E-state index is 12.3. The van der Waals surface area contributed by atoms with E-state index in [0.29, 0.717) is 18.9 Å². The number of nitrogens with one attached hydrogen (secondary N) is 1. The molecule has 2 saturated carbocycles. The highest BCUT2D eigenvalue weighted by Gasteiger charge is 2.47. The Bertz CT molecular complexity index is 405. The monoisotopic (exact) mass is 280 g/mol. The van der Waals surface area contributed by atoms with Crippen LogP contribution in [-0.2, 0) is 4.79 Å². The van der Waals surface area contributed by atoms with Gasteiger partial charge in [0, 0.05) is 13.1 Å². The SMILES string of the molecule is CC1(C(=O)O)CCCN1C(=O)NCC(C1CC1)C1CC1. The normalized spacial score (nSPS) is 29.8. The Morgan fingerprint density at radius 3 is 2.40 bits per heavy atom. The summed E-state index contributed by atoms with van der Waals surface area (Å²) in [5.74, 6) is 1.32. The molecule has 1 heterocycles. The van der Waals surface area contributed by atoms with Crippen molar-refractivity contribution in [1.82, 2.24) is 10.2 Å². The first-order chi connectivity index (χ1) is 9.52. The first-order valence-electron chi connectivity index (χ1n) is 7.81. The predicted molar refractivity (Wildman–Crippen MR) is 74.3 cm³/mol. The molecule has 2 aliphatic carbocycles. The van der Waals surface area contributed by atoms with E-state index in [4.69, 9.17) is 0 Å². The van der Waals surface area contributed by atoms with Crippen molar-refractivity contribution in [2.45, 2.75) is 51.0 Å². The van der Waals surface area contributed by atoms with Crippen LogP contribution < -0.4 is 5.32 Å². The molecule has 5 heteroatoms. The fourth-order valence-electron chi connectivity index (χ4n) is 3.58. The number of carboxylic acids is 1. The van der Waals surface area contributed by atoms with E-state index in [1.807, 2.05) is 0 Å². The fraction of sp³-hybridized carbons (Fsp3) is 0.867. The summed E-state index contributed by atoms with van der Waals surface area (Å²) < 4.78 is 0. The van der Waals surface area contributed by atoms with Crippen molar-refractivity contribution in [3.63, 3.8) is 0 Å². The lowest BCUT2D eigenvalue weighted by Gasteiger charge is -2.31. The summed E-state index contributed by atoms with van der Waals surface area (Å²) >= 11 is 0. The van der Waals surface area contributed by atoms with E-state index >= 15 is 0 Å². The Kier molecular flexibility index (Phi) is 3.38. The topological polar surface area (TPSA) is 69.6 Å². The van der Waals surface area contributed by atoms with Crippen molar-refractivity contribution in [2.24, 2.45) is 17.8 Å². The molecule has 3 rings (SSSR count). The number of rotatable bonds is 5. The van der Waals surface area contributed by atoms with Crippen LogP contribution in [0.4, 0.5) is 4.79 Å². The summed E-state index contributed by atoms with van der Waals surface area (Å²) in [6.07, 6.45) is 6.51. The molecule has 0 spiro atoms. The van der Waals surface area contributed by atoms with Crippen molar-refractivity contribution in [1.29, 1.82) is 0 Å². The summed E-state index contributed by atoms with van der Waals surface area (Å²) in [4.78, 5) is 25.2. The quantitative estimate of drug-likeness (QED) is 0.810. The smallest absolute Gasteiger partial charge is 0.329 e. The average molecular weight is 280 g/mol. The molecule has 1 unspecified atom stereocenters. The number of hydrogen-bond donors (Lipinski definition) is 2. The van der Waals surface area contributed by atoms with Gasteiger partial charge in [-0.25, -0.2) is 9.59 Å². The third-order valence-corrected chi connectivity index (χ3v) is 5.29. The van der Waals surface area contributed by atoms with E-state index in [9.17, 15) is 14.7 Å². The molecule has 2 N–H and O–H groups in total. The summed E-state index contributed by atoms with van der Waals surface area (Å²) in [7, 11) is 0. The number of urea groups is 1. The Balaban J connectivity index is 1.57. The van der Waals surface area contributed by atoms with Gasteiger partial charge in [0.1, 0.15) is 5.54 Å². The predicted octanol–water partition coefficient (Wildman–Crippen LogP) is 2.07. The number of amides is 2. The zero-order valence-corrected chi connectivity index (χ0v) is 12.1. The summed E-state index contributed by atoms with van der Waals surface area (Å²) in [5, 5.41) is 12.3. The summed E-state index contributed by atoms with van der Waals surface area (Å²) in [6, 6.07) is -0.196. The maximum absolute atomic E-state index is 12.3. The van der Waals surface area contributed by atoms with Crippen LogP contribution in [0, 0.1) is 17.8 Å². The molecule has 112 valence electrons. The number of carbonyl (C=O) groups excluding carboxylic acids is 1. The highest BCUT2D eigenvalue weighted by molar-refractivity contribution is 5.86. The van der Waals surface area contributed by atoms with Crippen LogP contribution in [0.2, 0.25) is 0 Å². The molecule has 0 aromatic heterocycles. The minimum Gasteiger partial charge on any atom is -0.480 e. The molecule has 5 nitrogen and oxygen atoms in total. The van der Waals surface area contributed by atoms with Gasteiger partial charge >= 0.3 is 12.0 Å². The lowest BCUT2D eigenvalue weighted by Crippen LogP contribution is -2.54. The van der Waals surface area contributed by atoms with Gasteiger partial charge in [-0.1, -0.05) is 0 Å². The van der Waals surface area contributed by atoms with Gasteiger partial charge < -0.3 is 15.3 Å². The van der Waals surface area contributed by atoms with Crippen LogP contribution in [0.5, 0.6) is 0 Å². The zero-order valence-electron chi connectivity index (χ0n) is 12.1. The second-order valence-corrected chi connectivity index (χ2v) is 6.86. The zero-order chi connectivity index (χ0) is 14.3. The van der Waals surface area contributed by atoms with Gasteiger partial charge in [0.25, 0.3) is 0 Å². The van der Waals surface area contributed by atoms with Crippen LogP contribution in [0.3, 0.4) is 0 Å². The lowest BCUT2D eigenvalue weighted by molar-refractivity contribution is -0.147. The summed E-state index contributed by atoms with van der Waals surface area (Å²) in [6.45, 7) is 2.92. The number of likely N-dealkylation sites (tertiary alicyclic amines) is 1. The van der Waals surface area contributed by atoms with Gasteiger partial charge in [-0.05, 0) is 63.2 Å². The Labute approximate surface area is 119 Å². The lowest BCUT2D eigenvalue weighted by atomic mass is 9.98. The van der Waals surface area contributed by atoms with Gasteiger partial charge in [-0.3, -0.25) is 0 Å². The molecule has 3 fully saturated rings. The Hall–Kier alpha value is -1.26. The number of carbonyl (C=O) groups is 2. The van der Waals surface area contributed by atoms with E-state index in [2.05, 4.69) is 5.32 Å². The van der Waals surface area contributed by atoms with Gasteiger partial charge in [0.05, 0.1) is 0 Å². The molecule has 0 aromatic rings. The number of carboxylic acid groups (broad SMARTS) is 1. The fourth-order valence-corrected chi connectivity index (χ4v) is 3.58. The van der Waals surface area contributed by atoms with Crippen molar-refractivity contribution in [3.05, 3.63) is 0 Å². The Morgan fingerprint density at radius 2 is 1.90 bits per heavy atom. The second kappa shape index (κ2) is 4.93. The van der Waals surface area contributed by atoms with Gasteiger partial charge in [-0.15, -0.1) is 0 Å². The standard InChI is InChI=1S/C15H24N2O3/c1-15(13(18)19)7-2-8-17(15)14(20)16-9-12(10-3-4-10)11-5-6-11/h10-12H,2-9H2,1H3,(H,16,20)(H,18,19). The van der Waals surface area contributed by atoms with Gasteiger partial charge in [0.2, 0.25) is 0 Å². The average Bonchev–Trinajstić information content (AvgIpc) is 3.30. The van der Waals surface area contributed by atoms with E-state index in [-0.39, 0.29) is 6.03 Å². The Morgan fingerprint density at radius 1 is 1.30 bits per heavy atom. The van der Waals surface area contributed by atoms with Crippen molar-refractivity contribution in [2.75, 3.05) is 13.1 Å². The number of hydrogen-bond acceptors (Lipinski definition) is 2. The van der Waals surface area contributed by atoms with Crippen LogP contribution in [0.25, 0.3) is 0 Å². The second-order valence-electron chi connectivity index (χ2n) is 6.86. The van der Waals surface area contributed by atoms with Crippen molar-refractivity contribution in [3.8, 4) is 0 Å². The van der Waals surface area contributed by atoms with Crippen LogP contribution in [0.15, 0.2) is 0 Å². The molecule has 0 radical (unpaired) electrons. The molecule has 1 aliphatic heterocycles. The molecular formula is C15H24N2O3. The van der Waals surface area contributed by atoms with E-state index in [0.717, 1.165) is 24.8 Å². The minimum absolute atomic E-state index is 0.196. The summed E-state index contributed by atoms with van der Waals surface area (Å²) in [5.41, 5.74) is -1.03. The number of aliphatic carboxylic acids is 1. The van der Waals surface area contributed by atoms with Crippen LogP contribution in [-0.4, -0.2) is 40.6 Å². The molecule has 20 heavy (non-hydrogen) atoms. The van der Waals surface area contributed by atoms with Gasteiger partial charge in [-0.2, -0.15) is 0 Å².